The first kappa shape index (κ1) is 21.3. The van der Waals surface area contributed by atoms with Gasteiger partial charge in [-0.25, -0.2) is 4.79 Å². The molecule has 1 aliphatic rings. The first-order chi connectivity index (χ1) is 14.2. The number of hydrogen-bond donors (Lipinski definition) is 1. The molecule has 0 saturated heterocycles. The molecule has 2 aromatic rings. The van der Waals surface area contributed by atoms with Crippen LogP contribution in [0.25, 0.3) is 0 Å². The van der Waals surface area contributed by atoms with E-state index in [0.29, 0.717) is 16.8 Å². The number of esters is 1. The summed E-state index contributed by atoms with van der Waals surface area (Å²) in [7, 11) is 1.22. The van der Waals surface area contributed by atoms with E-state index in [4.69, 9.17) is 22.2 Å². The number of nitriles is 1. The van der Waals surface area contributed by atoms with Gasteiger partial charge in [0.1, 0.15) is 0 Å². The number of alkyl halides is 3. The number of benzene rings is 2. The van der Waals surface area contributed by atoms with Crippen molar-refractivity contribution >= 4 is 29.0 Å². The number of nitrogens with zero attached hydrogens (tertiary/aromatic N) is 2. The summed E-state index contributed by atoms with van der Waals surface area (Å²) >= 11 is 5.42. The van der Waals surface area contributed by atoms with Gasteiger partial charge in [0, 0.05) is 11.4 Å². The van der Waals surface area contributed by atoms with Gasteiger partial charge in [-0.2, -0.15) is 18.4 Å². The van der Waals surface area contributed by atoms with E-state index in [9.17, 15) is 18.0 Å². The van der Waals surface area contributed by atoms with Crippen LogP contribution in [0.5, 0.6) is 0 Å². The summed E-state index contributed by atoms with van der Waals surface area (Å²) in [4.78, 5) is 13.9. The maximum atomic E-state index is 13.2. The van der Waals surface area contributed by atoms with E-state index in [1.54, 1.807) is 31.2 Å². The van der Waals surface area contributed by atoms with E-state index >= 15 is 0 Å². The molecule has 30 heavy (non-hydrogen) atoms. The van der Waals surface area contributed by atoms with Crippen molar-refractivity contribution in [3.05, 3.63) is 76.5 Å². The fourth-order valence-electron chi connectivity index (χ4n) is 3.25. The fraction of sp³-hybridized carbons (Fsp3) is 0.190. The highest BCUT2D eigenvalue weighted by atomic mass is 32.1. The zero-order chi connectivity index (χ0) is 22.1. The van der Waals surface area contributed by atoms with E-state index in [1.165, 1.54) is 24.1 Å². The summed E-state index contributed by atoms with van der Waals surface area (Å²) in [6, 6.07) is 12.6. The number of hydrogen-bond acceptors (Lipinski definition) is 4. The van der Waals surface area contributed by atoms with Crippen LogP contribution in [0.15, 0.2) is 59.8 Å². The number of nitrogens with one attached hydrogen (secondary N) is 1. The lowest BCUT2D eigenvalue weighted by molar-refractivity contribution is -0.138. The lowest BCUT2D eigenvalue weighted by atomic mass is 9.94. The van der Waals surface area contributed by atoms with Gasteiger partial charge in [0.15, 0.2) is 5.11 Å². The molecule has 2 aromatic carbocycles. The van der Waals surface area contributed by atoms with Crippen molar-refractivity contribution < 1.29 is 22.7 Å². The van der Waals surface area contributed by atoms with Crippen molar-refractivity contribution in [3.63, 3.8) is 0 Å². The quantitative estimate of drug-likeness (QED) is 0.572. The Labute approximate surface area is 176 Å². The average Bonchev–Trinajstić information content (AvgIpc) is 2.72. The number of methoxy groups -OCH3 is 1. The number of thiocarbonyl (C=S) groups is 1. The fourth-order valence-corrected chi connectivity index (χ4v) is 3.61. The summed E-state index contributed by atoms with van der Waals surface area (Å²) in [6.45, 7) is 1.59. The standard InChI is InChI=1S/C21H16F3N3O2S/c1-12-17(19(28)29-2)18(14-8-6-13(11-25)7-9-14)26-20(30)27(12)16-5-3-4-15(10-16)21(22,23)24/h3-10,18H,1-2H3,(H,26,30). The Morgan fingerprint density at radius 2 is 1.90 bits per heavy atom. The molecule has 9 heteroatoms. The summed E-state index contributed by atoms with van der Waals surface area (Å²) in [5.74, 6) is -0.645. The lowest BCUT2D eigenvalue weighted by Gasteiger charge is -2.37. The Morgan fingerprint density at radius 3 is 2.47 bits per heavy atom. The molecule has 0 bridgehead atoms. The molecular weight excluding hydrogens is 415 g/mol. The largest absolute Gasteiger partial charge is 0.466 e. The number of halogens is 3. The number of allylic oxidation sites excluding steroid dienone is 1. The van der Waals surface area contributed by atoms with E-state index < -0.39 is 23.8 Å². The molecule has 3 rings (SSSR count). The maximum Gasteiger partial charge on any atom is 0.416 e. The number of ether oxygens (including phenoxy) is 1. The molecule has 1 aliphatic heterocycles. The minimum atomic E-state index is -4.52. The molecule has 0 aliphatic carbocycles. The second-order valence-corrected chi connectivity index (χ2v) is 6.88. The van der Waals surface area contributed by atoms with Crippen LogP contribution in [0.2, 0.25) is 0 Å². The summed E-state index contributed by atoms with van der Waals surface area (Å²) < 4.78 is 44.4. The van der Waals surface area contributed by atoms with Gasteiger partial charge in [0.2, 0.25) is 0 Å². The smallest absolute Gasteiger partial charge is 0.416 e. The van der Waals surface area contributed by atoms with Crippen LogP contribution >= 0.6 is 12.2 Å². The van der Waals surface area contributed by atoms with Gasteiger partial charge >= 0.3 is 12.1 Å². The SMILES string of the molecule is COC(=O)C1=C(C)N(c2cccc(C(F)(F)F)c2)C(=S)NC1c1ccc(C#N)cc1. The van der Waals surface area contributed by atoms with Crippen LogP contribution in [0.3, 0.4) is 0 Å². The highest BCUT2D eigenvalue weighted by Crippen LogP contribution is 2.37. The van der Waals surface area contributed by atoms with Crippen molar-refractivity contribution in [2.45, 2.75) is 19.1 Å². The number of rotatable bonds is 3. The first-order valence-corrected chi connectivity index (χ1v) is 9.15. The number of carbonyl (C=O) groups is 1. The monoisotopic (exact) mass is 431 g/mol. The Kier molecular flexibility index (Phi) is 5.80. The van der Waals surface area contributed by atoms with Crippen molar-refractivity contribution in [2.75, 3.05) is 12.0 Å². The van der Waals surface area contributed by atoms with Gasteiger partial charge in [-0.3, -0.25) is 4.90 Å². The molecule has 0 saturated carbocycles. The predicted octanol–water partition coefficient (Wildman–Crippen LogP) is 4.46. The third-order valence-electron chi connectivity index (χ3n) is 4.69. The van der Waals surface area contributed by atoms with Crippen molar-refractivity contribution in [1.29, 1.82) is 5.26 Å². The van der Waals surface area contributed by atoms with Crippen molar-refractivity contribution in [3.8, 4) is 6.07 Å². The van der Waals surface area contributed by atoms with E-state index in [1.807, 2.05) is 6.07 Å². The summed E-state index contributed by atoms with van der Waals surface area (Å²) in [5, 5.41) is 12.1. The zero-order valence-electron chi connectivity index (χ0n) is 15.9. The second-order valence-electron chi connectivity index (χ2n) is 6.49. The van der Waals surface area contributed by atoms with Crippen LogP contribution < -0.4 is 10.2 Å². The zero-order valence-corrected chi connectivity index (χ0v) is 16.8. The maximum absolute atomic E-state index is 13.2. The molecule has 1 N–H and O–H groups in total. The molecule has 1 heterocycles. The normalized spacial score (nSPS) is 16.7. The van der Waals surface area contributed by atoms with Crippen LogP contribution in [-0.2, 0) is 15.7 Å². The molecule has 154 valence electrons. The molecule has 0 aromatic heterocycles. The van der Waals surface area contributed by atoms with Crippen LogP contribution in [0, 0.1) is 11.3 Å². The van der Waals surface area contributed by atoms with Crippen molar-refractivity contribution in [2.24, 2.45) is 0 Å². The van der Waals surface area contributed by atoms with Gasteiger partial charge in [0.05, 0.1) is 35.9 Å². The third kappa shape index (κ3) is 4.00. The van der Waals surface area contributed by atoms with E-state index in [2.05, 4.69) is 5.32 Å². The first-order valence-electron chi connectivity index (χ1n) is 8.74. The van der Waals surface area contributed by atoms with Gasteiger partial charge in [0.25, 0.3) is 0 Å². The minimum Gasteiger partial charge on any atom is -0.466 e. The van der Waals surface area contributed by atoms with Crippen LogP contribution in [-0.4, -0.2) is 18.2 Å². The summed E-state index contributed by atoms with van der Waals surface area (Å²) in [6.07, 6.45) is -4.52. The van der Waals surface area contributed by atoms with Gasteiger partial charge < -0.3 is 10.1 Å². The van der Waals surface area contributed by atoms with Crippen molar-refractivity contribution in [1.82, 2.24) is 5.32 Å². The lowest BCUT2D eigenvalue weighted by Crippen LogP contribution is -2.48. The van der Waals surface area contributed by atoms with Crippen LogP contribution in [0.1, 0.15) is 29.7 Å². The van der Waals surface area contributed by atoms with Gasteiger partial charge in [-0.05, 0) is 55.0 Å². The van der Waals surface area contributed by atoms with E-state index in [-0.39, 0.29) is 16.4 Å². The van der Waals surface area contributed by atoms with Gasteiger partial charge in [-0.15, -0.1) is 0 Å². The molecule has 5 nitrogen and oxygen atoms in total. The Hall–Kier alpha value is -3.38. The molecule has 0 amide bonds. The molecule has 0 radical (unpaired) electrons. The topological polar surface area (TPSA) is 65.4 Å². The highest BCUT2D eigenvalue weighted by molar-refractivity contribution is 7.80. The van der Waals surface area contributed by atoms with E-state index in [0.717, 1.165) is 12.1 Å². The molecule has 0 spiro atoms. The highest BCUT2D eigenvalue weighted by Gasteiger charge is 2.36. The minimum absolute atomic E-state index is 0.133. The number of anilines is 1. The second kappa shape index (κ2) is 8.16. The molecule has 1 unspecified atom stereocenters. The molecule has 0 fully saturated rings. The predicted molar refractivity (Wildman–Crippen MR) is 108 cm³/mol. The number of carbonyl (C=O) groups excluding carboxylic acids is 1. The molecular formula is C21H16F3N3O2S. The van der Waals surface area contributed by atoms with Gasteiger partial charge in [-0.1, -0.05) is 18.2 Å². The molecule has 1 atom stereocenters. The average molecular weight is 431 g/mol. The Morgan fingerprint density at radius 1 is 1.23 bits per heavy atom. The van der Waals surface area contributed by atoms with Crippen LogP contribution in [0.4, 0.5) is 18.9 Å². The Bertz CT molecular complexity index is 1070. The third-order valence-corrected chi connectivity index (χ3v) is 5.00. The summed E-state index contributed by atoms with van der Waals surface area (Å²) in [5.41, 5.74) is 0.985. The Balaban J connectivity index is 2.13.